The number of aromatic nitrogens is 4. The first kappa shape index (κ1) is 16.4. The average Bonchev–Trinajstić information content (AvgIpc) is 3.02. The number of nitrogens with zero attached hydrogens (tertiary/aromatic N) is 5. The van der Waals surface area contributed by atoms with Crippen LogP contribution in [-0.2, 0) is 4.79 Å². The van der Waals surface area contributed by atoms with Crippen LogP contribution in [0.3, 0.4) is 0 Å². The Morgan fingerprint density at radius 1 is 1.35 bits per heavy atom. The van der Waals surface area contributed by atoms with Gasteiger partial charge < -0.3 is 15.3 Å². The van der Waals surface area contributed by atoms with Crippen molar-refractivity contribution in [3.63, 3.8) is 0 Å². The smallest absolute Gasteiger partial charge is 0.245 e. The highest BCUT2D eigenvalue weighted by Gasteiger charge is 2.32. The Kier molecular flexibility index (Phi) is 4.02. The van der Waals surface area contributed by atoms with E-state index in [9.17, 15) is 14.3 Å². The van der Waals surface area contributed by atoms with Gasteiger partial charge in [0.2, 0.25) is 5.91 Å². The number of carbonyl (C=O) groups is 1. The topological polar surface area (TPSA) is 96.2 Å². The number of amides is 1. The van der Waals surface area contributed by atoms with Crippen LogP contribution < -0.4 is 10.2 Å². The fourth-order valence-corrected chi connectivity index (χ4v) is 2.92. The molecule has 132 valence electrons. The minimum atomic E-state index is -1.06. The van der Waals surface area contributed by atoms with Crippen LogP contribution in [0.15, 0.2) is 42.7 Å². The van der Waals surface area contributed by atoms with Crippen LogP contribution in [0.5, 0.6) is 0 Å². The molecule has 4 heterocycles. The van der Waals surface area contributed by atoms with Gasteiger partial charge in [-0.25, -0.2) is 19.0 Å². The number of pyridine rings is 2. The Bertz CT molecular complexity index is 977. The van der Waals surface area contributed by atoms with Gasteiger partial charge in [-0.3, -0.25) is 4.79 Å². The summed E-state index contributed by atoms with van der Waals surface area (Å²) in [6.07, 6.45) is 1.52. The maximum Gasteiger partial charge on any atom is 0.245 e. The van der Waals surface area contributed by atoms with Gasteiger partial charge >= 0.3 is 0 Å². The molecule has 1 unspecified atom stereocenters. The molecule has 0 saturated heterocycles. The van der Waals surface area contributed by atoms with Crippen LogP contribution in [0.4, 0.5) is 21.8 Å². The molecule has 0 saturated carbocycles. The molecule has 1 atom stereocenters. The van der Waals surface area contributed by atoms with Gasteiger partial charge in [0, 0.05) is 17.8 Å². The number of halogens is 2. The summed E-state index contributed by atoms with van der Waals surface area (Å²) in [6, 6.07) is 7.47. The summed E-state index contributed by atoms with van der Waals surface area (Å²) < 4.78 is 14.2. The third kappa shape index (κ3) is 2.87. The third-order valence-corrected chi connectivity index (χ3v) is 4.03. The van der Waals surface area contributed by atoms with Gasteiger partial charge in [0.15, 0.2) is 11.4 Å². The number of fused-ring (bicyclic) bond motifs is 2. The second kappa shape index (κ2) is 6.36. The van der Waals surface area contributed by atoms with Crippen LogP contribution in [0.1, 0.15) is 11.8 Å². The van der Waals surface area contributed by atoms with Gasteiger partial charge in [0.1, 0.15) is 29.8 Å². The van der Waals surface area contributed by atoms with Crippen molar-refractivity contribution in [2.45, 2.75) is 6.23 Å². The molecule has 10 heteroatoms. The molecule has 0 radical (unpaired) electrons. The number of rotatable bonds is 3. The van der Waals surface area contributed by atoms with Gasteiger partial charge in [-0.15, -0.1) is 0 Å². The summed E-state index contributed by atoms with van der Waals surface area (Å²) in [4.78, 5) is 22.1. The van der Waals surface area contributed by atoms with E-state index in [4.69, 9.17) is 11.6 Å². The van der Waals surface area contributed by atoms with E-state index in [2.05, 4.69) is 20.4 Å². The highest BCUT2D eigenvalue weighted by atomic mass is 35.5. The number of aliphatic hydroxyl groups is 1. The maximum absolute atomic E-state index is 12.9. The Morgan fingerprint density at radius 2 is 2.19 bits per heavy atom. The molecule has 1 amide bonds. The predicted molar refractivity (Wildman–Crippen MR) is 91.7 cm³/mol. The minimum absolute atomic E-state index is 0.127. The van der Waals surface area contributed by atoms with Crippen molar-refractivity contribution in [2.24, 2.45) is 0 Å². The second-order valence-electron chi connectivity index (χ2n) is 5.56. The van der Waals surface area contributed by atoms with Crippen molar-refractivity contribution in [3.8, 4) is 0 Å². The molecule has 4 rings (SSSR count). The second-order valence-corrected chi connectivity index (χ2v) is 5.94. The van der Waals surface area contributed by atoms with Gasteiger partial charge in [0.05, 0.1) is 6.20 Å². The highest BCUT2D eigenvalue weighted by Crippen LogP contribution is 2.38. The standard InChI is InChI=1S/C16H12ClFN6O2/c17-11-6-14-23(8-13(25)21-12-4-3-9(18)7-20-12)15-10(2-1-5-19-15)16(26)24(14)22-11/h1-7,16,26H,8H2,(H,20,21,25). The molecule has 0 aromatic carbocycles. The lowest BCUT2D eigenvalue weighted by Gasteiger charge is -2.32. The Balaban J connectivity index is 1.64. The summed E-state index contributed by atoms with van der Waals surface area (Å²) in [6.45, 7) is -0.127. The molecule has 1 aliphatic rings. The van der Waals surface area contributed by atoms with Crippen molar-refractivity contribution in [1.29, 1.82) is 0 Å². The quantitative estimate of drug-likeness (QED) is 0.728. The number of carbonyl (C=O) groups excluding carboxylic acids is 1. The monoisotopic (exact) mass is 374 g/mol. The molecule has 26 heavy (non-hydrogen) atoms. The average molecular weight is 375 g/mol. The van der Waals surface area contributed by atoms with Gasteiger partial charge in [-0.2, -0.15) is 5.10 Å². The van der Waals surface area contributed by atoms with Crippen molar-refractivity contribution >= 4 is 35.0 Å². The van der Waals surface area contributed by atoms with Crippen molar-refractivity contribution in [2.75, 3.05) is 16.8 Å². The minimum Gasteiger partial charge on any atom is -0.368 e. The maximum atomic E-state index is 12.9. The summed E-state index contributed by atoms with van der Waals surface area (Å²) in [5.41, 5.74) is 0.493. The lowest BCUT2D eigenvalue weighted by Crippen LogP contribution is -2.36. The van der Waals surface area contributed by atoms with Crippen LogP contribution in [0.2, 0.25) is 5.15 Å². The van der Waals surface area contributed by atoms with E-state index in [1.807, 2.05) is 0 Å². The van der Waals surface area contributed by atoms with Gasteiger partial charge in [0.25, 0.3) is 0 Å². The molecule has 0 bridgehead atoms. The molecule has 1 aliphatic heterocycles. The molecule has 0 fully saturated rings. The zero-order valence-electron chi connectivity index (χ0n) is 13.2. The summed E-state index contributed by atoms with van der Waals surface area (Å²) in [5.74, 6) is 0.175. The van der Waals surface area contributed by atoms with E-state index in [0.717, 1.165) is 6.20 Å². The lowest BCUT2D eigenvalue weighted by atomic mass is 10.1. The molecular weight excluding hydrogens is 363 g/mol. The summed E-state index contributed by atoms with van der Waals surface area (Å²) in [5, 5.41) is 17.3. The Morgan fingerprint density at radius 3 is 2.96 bits per heavy atom. The fourth-order valence-electron chi connectivity index (χ4n) is 2.75. The zero-order chi connectivity index (χ0) is 18.3. The number of nitrogens with one attached hydrogen (secondary N) is 1. The van der Waals surface area contributed by atoms with Gasteiger partial charge in [-0.1, -0.05) is 11.6 Å². The fraction of sp³-hybridized carbons (Fsp3) is 0.125. The first-order valence-electron chi connectivity index (χ1n) is 7.60. The van der Waals surface area contributed by atoms with E-state index >= 15 is 0 Å². The van der Waals surface area contributed by atoms with Crippen molar-refractivity contribution in [3.05, 3.63) is 59.3 Å². The van der Waals surface area contributed by atoms with Crippen molar-refractivity contribution in [1.82, 2.24) is 19.7 Å². The van der Waals surface area contributed by atoms with Crippen LogP contribution in [0.25, 0.3) is 0 Å². The molecule has 8 nitrogen and oxygen atoms in total. The summed E-state index contributed by atoms with van der Waals surface area (Å²) >= 11 is 5.97. The third-order valence-electron chi connectivity index (χ3n) is 3.84. The van der Waals surface area contributed by atoms with E-state index in [0.29, 0.717) is 17.2 Å². The van der Waals surface area contributed by atoms with Crippen molar-refractivity contribution < 1.29 is 14.3 Å². The molecule has 2 N–H and O–H groups in total. The molecule has 0 aliphatic carbocycles. The van der Waals surface area contributed by atoms with E-state index in [1.54, 1.807) is 23.2 Å². The molecule has 3 aromatic rings. The summed E-state index contributed by atoms with van der Waals surface area (Å²) in [7, 11) is 0. The van der Waals surface area contributed by atoms with Crippen LogP contribution in [0, 0.1) is 5.82 Å². The predicted octanol–water partition coefficient (Wildman–Crippen LogP) is 2.09. The lowest BCUT2D eigenvalue weighted by molar-refractivity contribution is -0.114. The first-order valence-corrected chi connectivity index (χ1v) is 7.97. The van der Waals surface area contributed by atoms with E-state index < -0.39 is 18.0 Å². The van der Waals surface area contributed by atoms with Crippen LogP contribution >= 0.6 is 11.6 Å². The first-order chi connectivity index (χ1) is 12.5. The van der Waals surface area contributed by atoms with Crippen LogP contribution in [-0.4, -0.2) is 37.3 Å². The SMILES string of the molecule is O=C(CN1c2ncccc2C(O)n2nc(Cl)cc21)Nc1ccc(F)cn1. The normalized spacial score (nSPS) is 15.3. The zero-order valence-corrected chi connectivity index (χ0v) is 13.9. The highest BCUT2D eigenvalue weighted by molar-refractivity contribution is 6.29. The number of anilines is 3. The largest absolute Gasteiger partial charge is 0.368 e. The molecule has 3 aromatic heterocycles. The molecular formula is C16H12ClFN6O2. The molecule has 0 spiro atoms. The number of hydrogen-bond acceptors (Lipinski definition) is 6. The Labute approximate surface area is 151 Å². The number of aliphatic hydroxyl groups excluding tert-OH is 1. The van der Waals surface area contributed by atoms with E-state index in [-0.39, 0.29) is 17.5 Å². The van der Waals surface area contributed by atoms with Gasteiger partial charge in [-0.05, 0) is 24.3 Å². The number of hydrogen-bond donors (Lipinski definition) is 2. The van der Waals surface area contributed by atoms with E-state index in [1.165, 1.54) is 22.9 Å². The Hall–Kier alpha value is -3.04.